The third-order valence-corrected chi connectivity index (χ3v) is 5.15. The number of aromatic nitrogens is 2. The first-order valence-electron chi connectivity index (χ1n) is 9.22. The van der Waals surface area contributed by atoms with E-state index in [1.165, 1.54) is 24.0 Å². The Morgan fingerprint density at radius 3 is 3.00 bits per heavy atom. The van der Waals surface area contributed by atoms with E-state index in [0.29, 0.717) is 12.5 Å². The molecule has 0 spiro atoms. The Morgan fingerprint density at radius 2 is 2.16 bits per heavy atom. The normalized spacial score (nSPS) is 19.5. The average molecular weight is 339 g/mol. The zero-order chi connectivity index (χ0) is 17.2. The molecule has 1 aromatic carbocycles. The number of hydrogen-bond acceptors (Lipinski definition) is 3. The molecule has 1 amide bonds. The number of carbonyl (C=O) groups is 1. The third kappa shape index (κ3) is 3.61. The van der Waals surface area contributed by atoms with Crippen LogP contribution in [0.5, 0.6) is 0 Å². The summed E-state index contributed by atoms with van der Waals surface area (Å²) in [6, 6.07) is 8.73. The number of amides is 1. The van der Waals surface area contributed by atoms with E-state index < -0.39 is 0 Å². The number of nitrogens with zero attached hydrogens (tertiary/aromatic N) is 2. The molecule has 1 fully saturated rings. The second-order valence-corrected chi connectivity index (χ2v) is 7.23. The highest BCUT2D eigenvalue weighted by atomic mass is 16.5. The molecule has 5 nitrogen and oxygen atoms in total. The maximum Gasteiger partial charge on any atom is 0.251 e. The fraction of sp³-hybridized carbons (Fsp3) is 0.500. The summed E-state index contributed by atoms with van der Waals surface area (Å²) in [6.45, 7) is 2.79. The van der Waals surface area contributed by atoms with Crippen molar-refractivity contribution >= 4 is 11.7 Å². The van der Waals surface area contributed by atoms with Crippen LogP contribution in [-0.2, 0) is 16.0 Å². The summed E-state index contributed by atoms with van der Waals surface area (Å²) in [4.78, 5) is 12.3. The fourth-order valence-electron chi connectivity index (χ4n) is 3.59. The summed E-state index contributed by atoms with van der Waals surface area (Å²) in [5, 5.41) is 7.59. The second-order valence-electron chi connectivity index (χ2n) is 7.23. The molecule has 0 aliphatic heterocycles. The minimum Gasteiger partial charge on any atom is -0.371 e. The van der Waals surface area contributed by atoms with Crippen molar-refractivity contribution < 1.29 is 9.53 Å². The largest absolute Gasteiger partial charge is 0.371 e. The van der Waals surface area contributed by atoms with E-state index in [1.807, 2.05) is 17.8 Å². The van der Waals surface area contributed by atoms with E-state index in [9.17, 15) is 4.79 Å². The lowest BCUT2D eigenvalue weighted by Crippen LogP contribution is -2.25. The third-order valence-electron chi connectivity index (χ3n) is 5.15. The summed E-state index contributed by atoms with van der Waals surface area (Å²) in [6.07, 6.45) is 7.59. The molecular formula is C20H25N3O2. The van der Waals surface area contributed by atoms with Crippen LogP contribution in [0.25, 0.3) is 0 Å². The second kappa shape index (κ2) is 7.00. The van der Waals surface area contributed by atoms with Gasteiger partial charge in [0.25, 0.3) is 5.91 Å². The van der Waals surface area contributed by atoms with Gasteiger partial charge in [0.05, 0.1) is 18.8 Å². The Balaban J connectivity index is 1.50. The molecule has 0 radical (unpaired) electrons. The van der Waals surface area contributed by atoms with E-state index in [1.54, 1.807) is 0 Å². The van der Waals surface area contributed by atoms with Gasteiger partial charge >= 0.3 is 0 Å². The van der Waals surface area contributed by atoms with Crippen molar-refractivity contribution in [2.45, 2.75) is 45.1 Å². The van der Waals surface area contributed by atoms with Crippen molar-refractivity contribution in [1.82, 2.24) is 9.78 Å². The number of anilines is 1. The van der Waals surface area contributed by atoms with Crippen LogP contribution < -0.4 is 5.32 Å². The van der Waals surface area contributed by atoms with Crippen LogP contribution in [0.1, 0.15) is 48.4 Å². The van der Waals surface area contributed by atoms with Crippen LogP contribution in [0.15, 0.2) is 30.5 Å². The van der Waals surface area contributed by atoms with Gasteiger partial charge in [-0.25, -0.2) is 4.68 Å². The first kappa shape index (κ1) is 16.3. The van der Waals surface area contributed by atoms with E-state index in [-0.39, 0.29) is 18.6 Å². The molecule has 1 saturated carbocycles. The average Bonchev–Trinajstić information content (AvgIpc) is 3.38. The predicted molar refractivity (Wildman–Crippen MR) is 96.7 cm³/mol. The van der Waals surface area contributed by atoms with Gasteiger partial charge in [0.2, 0.25) is 0 Å². The Labute approximate surface area is 148 Å². The number of hydrogen-bond donors (Lipinski definition) is 1. The highest BCUT2D eigenvalue weighted by Crippen LogP contribution is 2.35. The predicted octanol–water partition coefficient (Wildman–Crippen LogP) is 3.48. The van der Waals surface area contributed by atoms with Gasteiger partial charge in [-0.15, -0.1) is 0 Å². The zero-order valence-electron chi connectivity index (χ0n) is 14.7. The van der Waals surface area contributed by atoms with Crippen LogP contribution in [0.3, 0.4) is 0 Å². The van der Waals surface area contributed by atoms with Crippen LogP contribution in [0.4, 0.5) is 5.82 Å². The van der Waals surface area contributed by atoms with Crippen molar-refractivity contribution in [3.63, 3.8) is 0 Å². The number of benzene rings is 1. The molecule has 1 unspecified atom stereocenters. The van der Waals surface area contributed by atoms with Gasteiger partial charge in [-0.2, -0.15) is 5.10 Å². The lowest BCUT2D eigenvalue weighted by atomic mass is 9.88. The topological polar surface area (TPSA) is 56.2 Å². The van der Waals surface area contributed by atoms with Gasteiger partial charge in [-0.3, -0.25) is 4.79 Å². The van der Waals surface area contributed by atoms with Crippen molar-refractivity contribution in [2.24, 2.45) is 5.92 Å². The number of ether oxygens (including phenoxy) is 1. The monoisotopic (exact) mass is 339 g/mol. The van der Waals surface area contributed by atoms with Crippen LogP contribution in [-0.4, -0.2) is 28.9 Å². The van der Waals surface area contributed by atoms with Crippen molar-refractivity contribution in [1.29, 1.82) is 0 Å². The molecule has 1 aromatic heterocycles. The van der Waals surface area contributed by atoms with Crippen LogP contribution >= 0.6 is 0 Å². The highest BCUT2D eigenvalue weighted by molar-refractivity contribution is 5.91. The highest BCUT2D eigenvalue weighted by Gasteiger charge is 2.25. The van der Waals surface area contributed by atoms with E-state index >= 15 is 0 Å². The number of nitrogens with one attached hydrogen (secondary N) is 1. The first-order valence-corrected chi connectivity index (χ1v) is 9.22. The smallest absolute Gasteiger partial charge is 0.251 e. The van der Waals surface area contributed by atoms with Crippen LogP contribution in [0.2, 0.25) is 0 Å². The van der Waals surface area contributed by atoms with Crippen LogP contribution in [0, 0.1) is 12.8 Å². The van der Waals surface area contributed by atoms with Gasteiger partial charge in [0.1, 0.15) is 12.4 Å². The SMILES string of the molecule is Cc1cnn(C2CCCc3ccccc32)c1NC(=O)COCC1CC1. The summed E-state index contributed by atoms with van der Waals surface area (Å²) >= 11 is 0. The van der Waals surface area contributed by atoms with E-state index in [4.69, 9.17) is 4.74 Å². The number of rotatable bonds is 6. The Morgan fingerprint density at radius 1 is 1.32 bits per heavy atom. The molecular weight excluding hydrogens is 314 g/mol. The maximum absolute atomic E-state index is 12.3. The minimum absolute atomic E-state index is 0.102. The van der Waals surface area contributed by atoms with Gasteiger partial charge < -0.3 is 10.1 Å². The molecule has 132 valence electrons. The van der Waals surface area contributed by atoms with Gasteiger partial charge in [-0.05, 0) is 56.1 Å². The van der Waals surface area contributed by atoms with Gasteiger partial charge in [-0.1, -0.05) is 24.3 Å². The molecule has 2 aliphatic rings. The van der Waals surface area contributed by atoms with Crippen molar-refractivity contribution in [3.05, 3.63) is 47.2 Å². The molecule has 1 N–H and O–H groups in total. The standard InChI is InChI=1S/C20H25N3O2/c1-14-11-21-23(18-8-4-6-16-5-2-3-7-17(16)18)20(14)22-19(24)13-25-12-15-9-10-15/h2-3,5,7,11,15,18H,4,6,8-10,12-13H2,1H3,(H,22,24). The lowest BCUT2D eigenvalue weighted by molar-refractivity contribution is -0.120. The van der Waals surface area contributed by atoms with Gasteiger partial charge in [0, 0.05) is 5.56 Å². The number of aryl methyl sites for hydroxylation is 2. The zero-order valence-corrected chi connectivity index (χ0v) is 14.7. The molecule has 0 saturated heterocycles. The Hall–Kier alpha value is -2.14. The number of carbonyl (C=O) groups excluding carboxylic acids is 1. The minimum atomic E-state index is -0.102. The molecule has 1 heterocycles. The summed E-state index contributed by atoms with van der Waals surface area (Å²) in [5.41, 5.74) is 3.69. The molecule has 2 aliphatic carbocycles. The first-order chi connectivity index (χ1) is 12.2. The fourth-order valence-corrected chi connectivity index (χ4v) is 3.59. The van der Waals surface area contributed by atoms with E-state index in [2.05, 4.69) is 34.7 Å². The van der Waals surface area contributed by atoms with Gasteiger partial charge in [0.15, 0.2) is 0 Å². The molecule has 1 atom stereocenters. The van der Waals surface area contributed by atoms with E-state index in [0.717, 1.165) is 30.6 Å². The summed E-state index contributed by atoms with van der Waals surface area (Å²) < 4.78 is 7.49. The molecule has 0 bridgehead atoms. The molecule has 4 rings (SSSR count). The van der Waals surface area contributed by atoms with Crippen molar-refractivity contribution in [3.8, 4) is 0 Å². The lowest BCUT2D eigenvalue weighted by Gasteiger charge is -2.27. The Kier molecular flexibility index (Phi) is 4.57. The summed E-state index contributed by atoms with van der Waals surface area (Å²) in [7, 11) is 0. The molecule has 2 aromatic rings. The summed E-state index contributed by atoms with van der Waals surface area (Å²) in [5.74, 6) is 1.36. The van der Waals surface area contributed by atoms with Crippen molar-refractivity contribution in [2.75, 3.05) is 18.5 Å². The molecule has 5 heteroatoms. The quantitative estimate of drug-likeness (QED) is 0.876. The number of fused-ring (bicyclic) bond motifs is 1. The molecule has 25 heavy (non-hydrogen) atoms. The Bertz CT molecular complexity index is 764. The maximum atomic E-state index is 12.3.